The van der Waals surface area contributed by atoms with Crippen molar-refractivity contribution in [3.8, 4) is 0 Å². The number of benzene rings is 1. The SMILES string of the molecule is CC(C)(C)NC(=O)c1ccc(S(=O)(=O)NCC2CCCO2)cc1. The van der Waals surface area contributed by atoms with E-state index in [-0.39, 0.29) is 29.0 Å². The molecule has 1 amide bonds. The highest BCUT2D eigenvalue weighted by Crippen LogP contribution is 2.14. The van der Waals surface area contributed by atoms with Crippen LogP contribution < -0.4 is 10.0 Å². The molecule has 0 saturated carbocycles. The molecule has 0 aromatic heterocycles. The number of hydrogen-bond donors (Lipinski definition) is 2. The number of ether oxygens (including phenoxy) is 1. The summed E-state index contributed by atoms with van der Waals surface area (Å²) < 4.78 is 32.4. The van der Waals surface area contributed by atoms with Crippen LogP contribution in [0.3, 0.4) is 0 Å². The molecule has 2 N–H and O–H groups in total. The van der Waals surface area contributed by atoms with Crippen LogP contribution in [0.15, 0.2) is 29.2 Å². The van der Waals surface area contributed by atoms with Crippen LogP contribution in [0, 0.1) is 0 Å². The summed E-state index contributed by atoms with van der Waals surface area (Å²) >= 11 is 0. The van der Waals surface area contributed by atoms with Gasteiger partial charge in [0, 0.05) is 24.3 Å². The molecular weight excluding hydrogens is 316 g/mol. The molecule has 1 aromatic carbocycles. The lowest BCUT2D eigenvalue weighted by atomic mass is 10.1. The van der Waals surface area contributed by atoms with Crippen molar-refractivity contribution in [2.24, 2.45) is 0 Å². The van der Waals surface area contributed by atoms with Crippen molar-refractivity contribution in [1.82, 2.24) is 10.0 Å². The van der Waals surface area contributed by atoms with E-state index in [0.717, 1.165) is 12.8 Å². The van der Waals surface area contributed by atoms with E-state index in [1.807, 2.05) is 20.8 Å². The van der Waals surface area contributed by atoms with Gasteiger partial charge in [-0.2, -0.15) is 0 Å². The maximum absolute atomic E-state index is 12.2. The predicted octanol–water partition coefficient (Wildman–Crippen LogP) is 1.67. The number of amides is 1. The molecule has 0 radical (unpaired) electrons. The summed E-state index contributed by atoms with van der Waals surface area (Å²) in [5.41, 5.74) is 0.0861. The van der Waals surface area contributed by atoms with Gasteiger partial charge in [-0.05, 0) is 57.9 Å². The summed E-state index contributed by atoms with van der Waals surface area (Å²) in [5.74, 6) is -0.228. The number of rotatable bonds is 5. The van der Waals surface area contributed by atoms with Gasteiger partial charge < -0.3 is 10.1 Å². The predicted molar refractivity (Wildman–Crippen MR) is 87.8 cm³/mol. The Morgan fingerprint density at radius 2 is 1.91 bits per heavy atom. The zero-order valence-corrected chi connectivity index (χ0v) is 14.6. The molecule has 0 spiro atoms. The lowest BCUT2D eigenvalue weighted by Crippen LogP contribution is -2.40. The molecule has 1 saturated heterocycles. The number of hydrogen-bond acceptors (Lipinski definition) is 4. The third-order valence-electron chi connectivity index (χ3n) is 3.44. The van der Waals surface area contributed by atoms with E-state index < -0.39 is 10.0 Å². The molecule has 1 atom stereocenters. The van der Waals surface area contributed by atoms with Crippen LogP contribution in [0.1, 0.15) is 44.0 Å². The molecule has 23 heavy (non-hydrogen) atoms. The molecule has 1 aliphatic rings. The van der Waals surface area contributed by atoms with E-state index in [4.69, 9.17) is 4.74 Å². The third kappa shape index (κ3) is 5.30. The summed E-state index contributed by atoms with van der Waals surface area (Å²) in [4.78, 5) is 12.2. The molecule has 128 valence electrons. The Morgan fingerprint density at radius 3 is 2.43 bits per heavy atom. The average molecular weight is 340 g/mol. The van der Waals surface area contributed by atoms with Crippen molar-refractivity contribution < 1.29 is 17.9 Å². The van der Waals surface area contributed by atoms with E-state index in [0.29, 0.717) is 12.2 Å². The van der Waals surface area contributed by atoms with Crippen LogP contribution in [0.5, 0.6) is 0 Å². The molecule has 7 heteroatoms. The summed E-state index contributed by atoms with van der Waals surface area (Å²) in [6, 6.07) is 5.91. The fourth-order valence-electron chi connectivity index (χ4n) is 2.29. The van der Waals surface area contributed by atoms with E-state index >= 15 is 0 Å². The second-order valence-electron chi connectivity index (χ2n) is 6.72. The van der Waals surface area contributed by atoms with Gasteiger partial charge in [0.2, 0.25) is 10.0 Å². The van der Waals surface area contributed by atoms with Crippen molar-refractivity contribution >= 4 is 15.9 Å². The van der Waals surface area contributed by atoms with Crippen LogP contribution in [-0.4, -0.2) is 39.1 Å². The highest BCUT2D eigenvalue weighted by molar-refractivity contribution is 7.89. The Bertz CT molecular complexity index is 642. The van der Waals surface area contributed by atoms with Gasteiger partial charge in [0.25, 0.3) is 5.91 Å². The maximum Gasteiger partial charge on any atom is 0.251 e. The fourth-order valence-corrected chi connectivity index (χ4v) is 3.36. The topological polar surface area (TPSA) is 84.5 Å². The Morgan fingerprint density at radius 1 is 1.26 bits per heavy atom. The average Bonchev–Trinajstić information content (AvgIpc) is 2.97. The molecule has 1 fully saturated rings. The monoisotopic (exact) mass is 340 g/mol. The van der Waals surface area contributed by atoms with Crippen molar-refractivity contribution in [3.63, 3.8) is 0 Å². The van der Waals surface area contributed by atoms with Gasteiger partial charge in [-0.3, -0.25) is 4.79 Å². The Balaban J connectivity index is 2.01. The lowest BCUT2D eigenvalue weighted by Gasteiger charge is -2.20. The van der Waals surface area contributed by atoms with E-state index in [1.165, 1.54) is 24.3 Å². The van der Waals surface area contributed by atoms with E-state index in [1.54, 1.807) is 0 Å². The van der Waals surface area contributed by atoms with E-state index in [2.05, 4.69) is 10.0 Å². The van der Waals surface area contributed by atoms with Gasteiger partial charge in [0.05, 0.1) is 11.0 Å². The van der Waals surface area contributed by atoms with Crippen LogP contribution in [-0.2, 0) is 14.8 Å². The third-order valence-corrected chi connectivity index (χ3v) is 4.88. The molecule has 0 aliphatic carbocycles. The zero-order valence-electron chi connectivity index (χ0n) is 13.8. The first-order valence-electron chi connectivity index (χ1n) is 7.71. The highest BCUT2D eigenvalue weighted by Gasteiger charge is 2.21. The minimum Gasteiger partial charge on any atom is -0.377 e. The van der Waals surface area contributed by atoms with Crippen LogP contribution >= 0.6 is 0 Å². The normalized spacial score (nSPS) is 18.8. The van der Waals surface area contributed by atoms with Crippen molar-refractivity contribution in [3.05, 3.63) is 29.8 Å². The smallest absolute Gasteiger partial charge is 0.251 e. The number of nitrogens with one attached hydrogen (secondary N) is 2. The summed E-state index contributed by atoms with van der Waals surface area (Å²) in [6.45, 7) is 6.62. The second kappa shape index (κ2) is 6.98. The molecule has 0 bridgehead atoms. The molecule has 1 aromatic rings. The standard InChI is InChI=1S/C16H24N2O4S/c1-16(2,3)18-15(19)12-6-8-14(9-7-12)23(20,21)17-11-13-5-4-10-22-13/h6-9,13,17H,4-5,10-11H2,1-3H3,(H,18,19). The van der Waals surface area contributed by atoms with Crippen molar-refractivity contribution in [1.29, 1.82) is 0 Å². The van der Waals surface area contributed by atoms with Crippen LogP contribution in [0.25, 0.3) is 0 Å². The highest BCUT2D eigenvalue weighted by atomic mass is 32.2. The fraction of sp³-hybridized carbons (Fsp3) is 0.562. The number of carbonyl (C=O) groups is 1. The quantitative estimate of drug-likeness (QED) is 0.854. The zero-order chi connectivity index (χ0) is 17.1. The largest absolute Gasteiger partial charge is 0.377 e. The van der Waals surface area contributed by atoms with Gasteiger partial charge >= 0.3 is 0 Å². The van der Waals surface area contributed by atoms with Gasteiger partial charge in [-0.15, -0.1) is 0 Å². The van der Waals surface area contributed by atoms with Gasteiger partial charge in [-0.25, -0.2) is 13.1 Å². The van der Waals surface area contributed by atoms with Crippen molar-refractivity contribution in [2.75, 3.05) is 13.2 Å². The number of carbonyl (C=O) groups excluding carboxylic acids is 1. The second-order valence-corrected chi connectivity index (χ2v) is 8.48. The molecular formula is C16H24N2O4S. The first-order valence-corrected chi connectivity index (χ1v) is 9.19. The van der Waals surface area contributed by atoms with Gasteiger partial charge in [-0.1, -0.05) is 0 Å². The van der Waals surface area contributed by atoms with Gasteiger partial charge in [0.1, 0.15) is 0 Å². The Kier molecular flexibility index (Phi) is 5.44. The molecule has 6 nitrogen and oxygen atoms in total. The first-order chi connectivity index (χ1) is 10.7. The first kappa shape index (κ1) is 17.9. The summed E-state index contributed by atoms with van der Waals surface area (Å²) in [5, 5.41) is 2.84. The minimum absolute atomic E-state index is 0.0541. The molecule has 1 unspecified atom stereocenters. The Labute approximate surface area is 137 Å². The maximum atomic E-state index is 12.2. The minimum atomic E-state index is -3.59. The van der Waals surface area contributed by atoms with Gasteiger partial charge in [0.15, 0.2) is 0 Å². The Hall–Kier alpha value is -1.44. The van der Waals surface area contributed by atoms with E-state index in [9.17, 15) is 13.2 Å². The molecule has 1 aliphatic heterocycles. The summed E-state index contributed by atoms with van der Waals surface area (Å²) in [7, 11) is -3.59. The molecule has 1 heterocycles. The number of sulfonamides is 1. The molecule has 2 rings (SSSR count). The lowest BCUT2D eigenvalue weighted by molar-refractivity contribution is 0.0919. The summed E-state index contributed by atoms with van der Waals surface area (Å²) in [6.07, 6.45) is 1.78. The van der Waals surface area contributed by atoms with Crippen LogP contribution in [0.2, 0.25) is 0 Å². The van der Waals surface area contributed by atoms with Crippen LogP contribution in [0.4, 0.5) is 0 Å². The van der Waals surface area contributed by atoms with Crippen molar-refractivity contribution in [2.45, 2.75) is 50.2 Å².